The summed E-state index contributed by atoms with van der Waals surface area (Å²) in [4.78, 5) is 28.7. The van der Waals surface area contributed by atoms with Gasteiger partial charge in [0, 0.05) is 37.9 Å². The monoisotopic (exact) mass is 410 g/mol. The Morgan fingerprint density at radius 1 is 1.07 bits per heavy atom. The van der Waals surface area contributed by atoms with Gasteiger partial charge in [0.25, 0.3) is 0 Å². The minimum absolute atomic E-state index is 0.0108. The standard InChI is InChI=1S/C23H30N4O3/c1-17-6-4-8-20(14-17)25-23(29)24-16-22(28)27-12-10-26(11-13-27)18(2)19-7-5-9-21(15-19)30-3/h4-9,14-15,18H,10-13,16H2,1-3H3,(H2,24,25,29). The molecule has 160 valence electrons. The van der Waals surface area contributed by atoms with Crippen LogP contribution in [0.1, 0.15) is 24.1 Å². The largest absolute Gasteiger partial charge is 0.497 e. The summed E-state index contributed by atoms with van der Waals surface area (Å²) in [7, 11) is 1.67. The van der Waals surface area contributed by atoms with Gasteiger partial charge in [-0.3, -0.25) is 9.69 Å². The van der Waals surface area contributed by atoms with Gasteiger partial charge in [-0.1, -0.05) is 24.3 Å². The van der Waals surface area contributed by atoms with Crippen molar-refractivity contribution >= 4 is 17.6 Å². The number of piperazine rings is 1. The molecule has 3 amide bonds. The Balaban J connectivity index is 1.44. The molecule has 1 heterocycles. The average molecular weight is 411 g/mol. The number of hydrogen-bond acceptors (Lipinski definition) is 4. The van der Waals surface area contributed by atoms with Gasteiger partial charge in [0.1, 0.15) is 5.75 Å². The number of ether oxygens (including phenoxy) is 1. The van der Waals surface area contributed by atoms with Crippen LogP contribution in [0.15, 0.2) is 48.5 Å². The Hall–Kier alpha value is -3.06. The van der Waals surface area contributed by atoms with Crippen LogP contribution in [0, 0.1) is 6.92 Å². The van der Waals surface area contributed by atoms with E-state index in [4.69, 9.17) is 4.74 Å². The lowest BCUT2D eigenvalue weighted by Gasteiger charge is -2.38. The molecule has 0 saturated carbocycles. The number of nitrogens with one attached hydrogen (secondary N) is 2. The quantitative estimate of drug-likeness (QED) is 0.768. The molecule has 7 nitrogen and oxygen atoms in total. The Kier molecular flexibility index (Phi) is 7.30. The van der Waals surface area contributed by atoms with Crippen molar-refractivity contribution in [3.05, 3.63) is 59.7 Å². The Morgan fingerprint density at radius 2 is 1.80 bits per heavy atom. The average Bonchev–Trinajstić information content (AvgIpc) is 2.77. The first kappa shape index (κ1) is 21.6. The van der Waals surface area contributed by atoms with Gasteiger partial charge >= 0.3 is 6.03 Å². The molecule has 7 heteroatoms. The molecule has 2 N–H and O–H groups in total. The predicted octanol–water partition coefficient (Wildman–Crippen LogP) is 3.03. The normalized spacial score (nSPS) is 15.4. The van der Waals surface area contributed by atoms with Crippen molar-refractivity contribution in [3.8, 4) is 5.75 Å². The lowest BCUT2D eigenvalue weighted by molar-refractivity contribution is -0.132. The summed E-state index contributed by atoms with van der Waals surface area (Å²) in [6.07, 6.45) is 0. The lowest BCUT2D eigenvalue weighted by Crippen LogP contribution is -2.51. The van der Waals surface area contributed by atoms with Gasteiger partial charge in [0.15, 0.2) is 0 Å². The molecule has 2 aromatic carbocycles. The summed E-state index contributed by atoms with van der Waals surface area (Å²) >= 11 is 0. The first-order chi connectivity index (χ1) is 14.5. The van der Waals surface area contributed by atoms with Crippen molar-refractivity contribution in [3.63, 3.8) is 0 Å². The second kappa shape index (κ2) is 10.1. The first-order valence-corrected chi connectivity index (χ1v) is 10.2. The molecule has 0 aliphatic carbocycles. The lowest BCUT2D eigenvalue weighted by atomic mass is 10.1. The summed E-state index contributed by atoms with van der Waals surface area (Å²) in [6.45, 7) is 7.00. The summed E-state index contributed by atoms with van der Waals surface area (Å²) < 4.78 is 5.32. The van der Waals surface area contributed by atoms with Gasteiger partial charge in [-0.2, -0.15) is 0 Å². The maximum atomic E-state index is 12.5. The fourth-order valence-electron chi connectivity index (χ4n) is 3.64. The van der Waals surface area contributed by atoms with E-state index < -0.39 is 0 Å². The second-order valence-corrected chi connectivity index (χ2v) is 7.55. The number of nitrogens with zero attached hydrogens (tertiary/aromatic N) is 2. The zero-order valence-corrected chi connectivity index (χ0v) is 17.9. The molecule has 1 unspecified atom stereocenters. The molecule has 1 atom stereocenters. The molecule has 2 aromatic rings. The van der Waals surface area contributed by atoms with Crippen molar-refractivity contribution in [2.24, 2.45) is 0 Å². The van der Waals surface area contributed by atoms with Gasteiger partial charge in [-0.25, -0.2) is 4.79 Å². The van der Waals surface area contributed by atoms with Crippen LogP contribution >= 0.6 is 0 Å². The number of carbonyl (C=O) groups is 2. The van der Waals surface area contributed by atoms with E-state index in [0.29, 0.717) is 18.8 Å². The number of aryl methyl sites for hydroxylation is 1. The van der Waals surface area contributed by atoms with Crippen LogP contribution in [-0.4, -0.2) is 61.6 Å². The molecular weight excluding hydrogens is 380 g/mol. The highest BCUT2D eigenvalue weighted by atomic mass is 16.5. The van der Waals surface area contributed by atoms with Crippen molar-refractivity contribution in [2.75, 3.05) is 45.2 Å². The molecule has 0 aromatic heterocycles. The third-order valence-corrected chi connectivity index (χ3v) is 5.47. The van der Waals surface area contributed by atoms with E-state index in [2.05, 4.69) is 34.6 Å². The maximum absolute atomic E-state index is 12.5. The number of anilines is 1. The second-order valence-electron chi connectivity index (χ2n) is 7.55. The number of carbonyl (C=O) groups excluding carboxylic acids is 2. The van der Waals surface area contributed by atoms with E-state index in [0.717, 1.165) is 24.4 Å². The van der Waals surface area contributed by atoms with Crippen LogP contribution in [0.25, 0.3) is 0 Å². The van der Waals surface area contributed by atoms with E-state index in [1.165, 1.54) is 5.56 Å². The number of hydrogen-bond donors (Lipinski definition) is 2. The van der Waals surface area contributed by atoms with Gasteiger partial charge in [-0.05, 0) is 49.2 Å². The van der Waals surface area contributed by atoms with Crippen LogP contribution in [0.3, 0.4) is 0 Å². The SMILES string of the molecule is COc1cccc(C(C)N2CCN(C(=O)CNC(=O)Nc3cccc(C)c3)CC2)c1. The molecule has 0 spiro atoms. The van der Waals surface area contributed by atoms with Crippen molar-refractivity contribution in [1.29, 1.82) is 0 Å². The topological polar surface area (TPSA) is 73.9 Å². The van der Waals surface area contributed by atoms with E-state index in [9.17, 15) is 9.59 Å². The summed E-state index contributed by atoms with van der Waals surface area (Å²) in [5.74, 6) is 0.784. The van der Waals surface area contributed by atoms with Crippen molar-refractivity contribution < 1.29 is 14.3 Å². The minimum Gasteiger partial charge on any atom is -0.497 e. The molecule has 30 heavy (non-hydrogen) atoms. The number of benzene rings is 2. The molecule has 0 radical (unpaired) electrons. The van der Waals surface area contributed by atoms with E-state index in [1.807, 2.05) is 48.2 Å². The molecule has 3 rings (SSSR count). The number of methoxy groups -OCH3 is 1. The zero-order valence-electron chi connectivity index (χ0n) is 17.9. The Bertz CT molecular complexity index is 878. The molecular formula is C23H30N4O3. The van der Waals surface area contributed by atoms with E-state index in [1.54, 1.807) is 7.11 Å². The van der Waals surface area contributed by atoms with Crippen LogP contribution in [-0.2, 0) is 4.79 Å². The number of rotatable bonds is 6. The zero-order chi connectivity index (χ0) is 21.5. The van der Waals surface area contributed by atoms with Gasteiger partial charge in [0.2, 0.25) is 5.91 Å². The molecule has 1 aliphatic heterocycles. The van der Waals surface area contributed by atoms with Crippen LogP contribution < -0.4 is 15.4 Å². The fourth-order valence-corrected chi connectivity index (χ4v) is 3.64. The highest BCUT2D eigenvalue weighted by molar-refractivity contribution is 5.92. The predicted molar refractivity (Wildman–Crippen MR) is 118 cm³/mol. The number of urea groups is 1. The van der Waals surface area contributed by atoms with Gasteiger partial charge < -0.3 is 20.3 Å². The van der Waals surface area contributed by atoms with Crippen LogP contribution in [0.5, 0.6) is 5.75 Å². The first-order valence-electron chi connectivity index (χ1n) is 10.2. The smallest absolute Gasteiger partial charge is 0.319 e. The number of amides is 3. The summed E-state index contributed by atoms with van der Waals surface area (Å²) in [5, 5.41) is 5.40. The van der Waals surface area contributed by atoms with E-state index in [-0.39, 0.29) is 24.5 Å². The van der Waals surface area contributed by atoms with Crippen LogP contribution in [0.4, 0.5) is 10.5 Å². The van der Waals surface area contributed by atoms with Crippen molar-refractivity contribution in [2.45, 2.75) is 19.9 Å². The molecule has 1 saturated heterocycles. The molecule has 1 aliphatic rings. The van der Waals surface area contributed by atoms with Gasteiger partial charge in [-0.15, -0.1) is 0 Å². The highest BCUT2D eigenvalue weighted by Gasteiger charge is 2.25. The van der Waals surface area contributed by atoms with Gasteiger partial charge in [0.05, 0.1) is 13.7 Å². The van der Waals surface area contributed by atoms with E-state index >= 15 is 0 Å². The summed E-state index contributed by atoms with van der Waals surface area (Å²) in [5.41, 5.74) is 2.97. The highest BCUT2D eigenvalue weighted by Crippen LogP contribution is 2.24. The Labute approximate surface area is 178 Å². The summed E-state index contributed by atoms with van der Waals surface area (Å²) in [6, 6.07) is 15.5. The molecule has 1 fully saturated rings. The van der Waals surface area contributed by atoms with Crippen molar-refractivity contribution in [1.82, 2.24) is 15.1 Å². The Morgan fingerprint density at radius 3 is 2.50 bits per heavy atom. The maximum Gasteiger partial charge on any atom is 0.319 e. The molecule has 0 bridgehead atoms. The van der Waals surface area contributed by atoms with Crippen LogP contribution in [0.2, 0.25) is 0 Å². The third-order valence-electron chi connectivity index (χ3n) is 5.47. The minimum atomic E-state index is -0.376. The third kappa shape index (κ3) is 5.73. The fraction of sp³-hybridized carbons (Fsp3) is 0.391.